The number of aromatic nitrogens is 2. The zero-order chi connectivity index (χ0) is 15.7. The van der Waals surface area contributed by atoms with Gasteiger partial charge in [0, 0.05) is 37.4 Å². The number of H-pyrrole nitrogens is 1. The molecule has 0 unspecified atom stereocenters. The second-order valence-electron chi connectivity index (χ2n) is 6.23. The molecule has 2 aliphatic rings. The molecule has 0 aromatic carbocycles. The van der Waals surface area contributed by atoms with Crippen molar-refractivity contribution in [1.29, 1.82) is 0 Å². The van der Waals surface area contributed by atoms with Crippen LogP contribution in [0.25, 0.3) is 0 Å². The Kier molecular flexibility index (Phi) is 3.90. The maximum absolute atomic E-state index is 12.5. The number of aryl methyl sites for hydroxylation is 2. The van der Waals surface area contributed by atoms with Gasteiger partial charge in [0.05, 0.1) is 12.1 Å². The van der Waals surface area contributed by atoms with E-state index >= 15 is 0 Å². The molecule has 3 heterocycles. The van der Waals surface area contributed by atoms with Crippen LogP contribution in [0.2, 0.25) is 0 Å². The summed E-state index contributed by atoms with van der Waals surface area (Å²) in [6.07, 6.45) is 1.72. The maximum Gasteiger partial charge on any atom is 0.240 e. The Hall–Kier alpha value is -1.89. The molecule has 0 aliphatic carbocycles. The Labute approximate surface area is 129 Å². The largest absolute Gasteiger partial charge is 0.353 e. The topological polar surface area (TPSA) is 90.1 Å². The fourth-order valence-corrected chi connectivity index (χ4v) is 3.37. The van der Waals surface area contributed by atoms with Gasteiger partial charge in [-0.05, 0) is 26.7 Å². The molecular formula is C15H23N5O2. The predicted molar refractivity (Wildman–Crippen MR) is 81.3 cm³/mol. The average molecular weight is 305 g/mol. The zero-order valence-corrected chi connectivity index (χ0v) is 13.2. The SMILES string of the molecule is Cc1n[nH]c(C)c1CC(=O)N1CCC2(CC1)NCCNC2=O. The lowest BCUT2D eigenvalue weighted by atomic mass is 9.85. The zero-order valence-electron chi connectivity index (χ0n) is 13.2. The van der Waals surface area contributed by atoms with Crippen molar-refractivity contribution in [2.75, 3.05) is 26.2 Å². The number of hydrogen-bond donors (Lipinski definition) is 3. The van der Waals surface area contributed by atoms with Gasteiger partial charge in [0.1, 0.15) is 5.54 Å². The molecule has 0 saturated carbocycles. The Morgan fingerprint density at radius 2 is 2.00 bits per heavy atom. The number of hydrogen-bond acceptors (Lipinski definition) is 4. The van der Waals surface area contributed by atoms with Crippen LogP contribution in [0.15, 0.2) is 0 Å². The summed E-state index contributed by atoms with van der Waals surface area (Å²) in [4.78, 5) is 26.5. The number of likely N-dealkylation sites (tertiary alicyclic amines) is 1. The highest BCUT2D eigenvalue weighted by atomic mass is 16.2. The number of rotatable bonds is 2. The lowest BCUT2D eigenvalue weighted by Crippen LogP contribution is -2.67. The minimum absolute atomic E-state index is 0.0763. The average Bonchev–Trinajstić information content (AvgIpc) is 2.83. The van der Waals surface area contributed by atoms with Gasteiger partial charge in [-0.15, -0.1) is 0 Å². The summed E-state index contributed by atoms with van der Waals surface area (Å²) in [5.74, 6) is 0.186. The molecule has 3 N–H and O–H groups in total. The smallest absolute Gasteiger partial charge is 0.240 e. The van der Waals surface area contributed by atoms with Gasteiger partial charge in [-0.25, -0.2) is 0 Å². The Balaban J connectivity index is 1.61. The third kappa shape index (κ3) is 2.61. The van der Waals surface area contributed by atoms with E-state index in [9.17, 15) is 9.59 Å². The van der Waals surface area contributed by atoms with E-state index in [-0.39, 0.29) is 11.8 Å². The quantitative estimate of drug-likeness (QED) is 0.696. The summed E-state index contributed by atoms with van der Waals surface area (Å²) in [5, 5.41) is 13.3. The summed E-state index contributed by atoms with van der Waals surface area (Å²) in [7, 11) is 0. The van der Waals surface area contributed by atoms with E-state index in [1.165, 1.54) is 0 Å². The van der Waals surface area contributed by atoms with Crippen LogP contribution >= 0.6 is 0 Å². The van der Waals surface area contributed by atoms with Gasteiger partial charge in [-0.3, -0.25) is 14.7 Å². The molecule has 7 heteroatoms. The van der Waals surface area contributed by atoms with Crippen LogP contribution in [0.3, 0.4) is 0 Å². The van der Waals surface area contributed by atoms with Gasteiger partial charge in [0.25, 0.3) is 0 Å². The molecule has 2 saturated heterocycles. The van der Waals surface area contributed by atoms with E-state index in [1.54, 1.807) is 0 Å². The monoisotopic (exact) mass is 305 g/mol. The van der Waals surface area contributed by atoms with Crippen molar-refractivity contribution in [3.8, 4) is 0 Å². The summed E-state index contributed by atoms with van der Waals surface area (Å²) in [5.41, 5.74) is 2.34. The molecule has 3 rings (SSSR count). The molecule has 2 amide bonds. The number of carbonyl (C=O) groups excluding carboxylic acids is 2. The first-order valence-electron chi connectivity index (χ1n) is 7.83. The molecule has 0 atom stereocenters. The highest BCUT2D eigenvalue weighted by Gasteiger charge is 2.43. The minimum Gasteiger partial charge on any atom is -0.353 e. The van der Waals surface area contributed by atoms with Crippen molar-refractivity contribution in [3.63, 3.8) is 0 Å². The van der Waals surface area contributed by atoms with Crippen molar-refractivity contribution in [3.05, 3.63) is 17.0 Å². The Bertz CT molecular complexity index is 567. The molecule has 7 nitrogen and oxygen atoms in total. The van der Waals surface area contributed by atoms with Crippen molar-refractivity contribution >= 4 is 11.8 Å². The molecular weight excluding hydrogens is 282 g/mol. The summed E-state index contributed by atoms with van der Waals surface area (Å²) in [6.45, 7) is 6.57. The molecule has 22 heavy (non-hydrogen) atoms. The summed E-state index contributed by atoms with van der Waals surface area (Å²) < 4.78 is 0. The normalized spacial score (nSPS) is 21.0. The lowest BCUT2D eigenvalue weighted by molar-refractivity contribution is -0.138. The highest BCUT2D eigenvalue weighted by molar-refractivity contribution is 5.88. The third-order valence-electron chi connectivity index (χ3n) is 4.89. The van der Waals surface area contributed by atoms with Crippen LogP contribution in [0.5, 0.6) is 0 Å². The van der Waals surface area contributed by atoms with E-state index in [2.05, 4.69) is 20.8 Å². The van der Waals surface area contributed by atoms with Crippen LogP contribution < -0.4 is 10.6 Å². The van der Waals surface area contributed by atoms with Gasteiger partial charge in [-0.2, -0.15) is 5.10 Å². The molecule has 0 radical (unpaired) electrons. The van der Waals surface area contributed by atoms with Gasteiger partial charge in [0.2, 0.25) is 11.8 Å². The maximum atomic E-state index is 12.5. The third-order valence-corrected chi connectivity index (χ3v) is 4.89. The number of piperazine rings is 1. The van der Waals surface area contributed by atoms with Crippen LogP contribution in [0.1, 0.15) is 29.8 Å². The van der Waals surface area contributed by atoms with E-state index in [1.807, 2.05) is 18.7 Å². The summed E-state index contributed by atoms with van der Waals surface area (Å²) in [6, 6.07) is 0. The minimum atomic E-state index is -0.476. The second kappa shape index (κ2) is 5.72. The van der Waals surface area contributed by atoms with Crippen LogP contribution in [-0.4, -0.2) is 58.6 Å². The Morgan fingerprint density at radius 1 is 1.27 bits per heavy atom. The summed E-state index contributed by atoms with van der Waals surface area (Å²) >= 11 is 0. The van der Waals surface area contributed by atoms with Gasteiger partial charge < -0.3 is 15.5 Å². The molecule has 120 valence electrons. The van der Waals surface area contributed by atoms with Crippen LogP contribution in [0, 0.1) is 13.8 Å². The van der Waals surface area contributed by atoms with E-state index in [0.29, 0.717) is 38.9 Å². The molecule has 1 spiro atoms. The van der Waals surface area contributed by atoms with Crippen molar-refractivity contribution in [1.82, 2.24) is 25.7 Å². The number of carbonyl (C=O) groups is 2. The van der Waals surface area contributed by atoms with E-state index in [0.717, 1.165) is 23.5 Å². The van der Waals surface area contributed by atoms with Crippen molar-refractivity contribution in [2.45, 2.75) is 38.6 Å². The lowest BCUT2D eigenvalue weighted by Gasteiger charge is -2.43. The van der Waals surface area contributed by atoms with Crippen LogP contribution in [0.4, 0.5) is 0 Å². The fraction of sp³-hybridized carbons (Fsp3) is 0.667. The van der Waals surface area contributed by atoms with Gasteiger partial charge in [0.15, 0.2) is 0 Å². The molecule has 2 fully saturated rings. The number of aromatic amines is 1. The fourth-order valence-electron chi connectivity index (χ4n) is 3.37. The van der Waals surface area contributed by atoms with Crippen molar-refractivity contribution in [2.24, 2.45) is 0 Å². The predicted octanol–water partition coefficient (Wildman–Crippen LogP) is -0.350. The first kappa shape index (κ1) is 15.0. The number of amides is 2. The first-order valence-corrected chi connectivity index (χ1v) is 7.83. The standard InChI is InChI=1S/C15H23N5O2/c1-10-12(11(2)19-18-10)9-13(21)20-7-3-15(4-8-20)14(22)16-5-6-17-15/h17H,3-9H2,1-2H3,(H,16,22)(H,18,19). The van der Waals surface area contributed by atoms with Crippen LogP contribution in [-0.2, 0) is 16.0 Å². The highest BCUT2D eigenvalue weighted by Crippen LogP contribution is 2.24. The van der Waals surface area contributed by atoms with Gasteiger partial charge in [-0.1, -0.05) is 0 Å². The second-order valence-corrected chi connectivity index (χ2v) is 6.23. The first-order chi connectivity index (χ1) is 10.5. The number of piperidine rings is 1. The van der Waals surface area contributed by atoms with E-state index in [4.69, 9.17) is 0 Å². The number of nitrogens with zero attached hydrogens (tertiary/aromatic N) is 2. The molecule has 1 aromatic heterocycles. The van der Waals surface area contributed by atoms with Gasteiger partial charge >= 0.3 is 0 Å². The van der Waals surface area contributed by atoms with E-state index < -0.39 is 5.54 Å². The molecule has 0 bridgehead atoms. The molecule has 1 aromatic rings. The van der Waals surface area contributed by atoms with Crippen molar-refractivity contribution < 1.29 is 9.59 Å². The molecule has 2 aliphatic heterocycles. The Morgan fingerprint density at radius 3 is 2.59 bits per heavy atom. The number of nitrogens with one attached hydrogen (secondary N) is 3.